The Morgan fingerprint density at radius 1 is 0.974 bits per heavy atom. The number of piperidine rings is 1. The fourth-order valence-electron chi connectivity index (χ4n) is 6.09. The molecule has 3 amide bonds. The van der Waals surface area contributed by atoms with Crippen molar-refractivity contribution in [3.8, 4) is 0 Å². The van der Waals surface area contributed by atoms with Gasteiger partial charge in [0.05, 0.1) is 5.92 Å². The maximum absolute atomic E-state index is 13.1. The summed E-state index contributed by atoms with van der Waals surface area (Å²) in [5.41, 5.74) is 7.00. The average molecular weight is 527 g/mol. The highest BCUT2D eigenvalue weighted by Gasteiger charge is 2.56. The van der Waals surface area contributed by atoms with Crippen molar-refractivity contribution in [2.75, 3.05) is 45.8 Å². The second-order valence-electron chi connectivity index (χ2n) is 10.9. The van der Waals surface area contributed by atoms with Crippen LogP contribution in [0.25, 0.3) is 0 Å². The average Bonchev–Trinajstić information content (AvgIpc) is 2.92. The smallest absolute Gasteiger partial charge is 0.327 e. The van der Waals surface area contributed by atoms with E-state index in [1.54, 1.807) is 9.80 Å². The SMILES string of the molecule is N=C(N)N1CCCC(CC2C(=O)N(C(=O)N3CCN(CCCCCCc4ccccc4)CC3)C2C(=O)O)C1. The maximum Gasteiger partial charge on any atom is 0.327 e. The van der Waals surface area contributed by atoms with Crippen LogP contribution in [0.3, 0.4) is 0 Å². The minimum absolute atomic E-state index is 0.00317. The number of nitrogens with two attached hydrogens (primary N) is 1. The maximum atomic E-state index is 13.1. The number of guanidine groups is 1. The molecule has 0 saturated carbocycles. The zero-order valence-electron chi connectivity index (χ0n) is 22.3. The molecule has 3 heterocycles. The molecule has 4 rings (SSSR count). The molecule has 0 aliphatic carbocycles. The first kappa shape index (κ1) is 27.9. The molecule has 0 radical (unpaired) electrons. The zero-order chi connectivity index (χ0) is 27.1. The van der Waals surface area contributed by atoms with Crippen LogP contribution in [-0.2, 0) is 16.0 Å². The summed E-state index contributed by atoms with van der Waals surface area (Å²) in [5.74, 6) is -2.13. The van der Waals surface area contributed by atoms with Crippen molar-refractivity contribution in [2.45, 2.75) is 57.4 Å². The number of unbranched alkanes of at least 4 members (excludes halogenated alkanes) is 3. The first-order chi connectivity index (χ1) is 18.3. The van der Waals surface area contributed by atoms with Crippen LogP contribution in [0.5, 0.6) is 0 Å². The van der Waals surface area contributed by atoms with Gasteiger partial charge in [0, 0.05) is 39.3 Å². The summed E-state index contributed by atoms with van der Waals surface area (Å²) in [6.45, 7) is 4.73. The molecule has 3 fully saturated rings. The highest BCUT2D eigenvalue weighted by atomic mass is 16.4. The number of urea groups is 1. The van der Waals surface area contributed by atoms with Crippen molar-refractivity contribution >= 4 is 23.9 Å². The molecule has 0 bridgehead atoms. The number of carboxylic acids is 1. The summed E-state index contributed by atoms with van der Waals surface area (Å²) in [5, 5.41) is 17.5. The van der Waals surface area contributed by atoms with Gasteiger partial charge in [0.15, 0.2) is 12.0 Å². The molecule has 10 nitrogen and oxygen atoms in total. The molecule has 4 N–H and O–H groups in total. The Kier molecular flexibility index (Phi) is 9.60. The molecule has 208 valence electrons. The van der Waals surface area contributed by atoms with Gasteiger partial charge in [-0.3, -0.25) is 15.1 Å². The summed E-state index contributed by atoms with van der Waals surface area (Å²) < 4.78 is 0. The number of hydrogen-bond donors (Lipinski definition) is 3. The summed E-state index contributed by atoms with van der Waals surface area (Å²) in [4.78, 5) is 44.8. The topological polar surface area (TPSA) is 134 Å². The van der Waals surface area contributed by atoms with E-state index in [9.17, 15) is 19.5 Å². The van der Waals surface area contributed by atoms with Crippen LogP contribution in [0.1, 0.15) is 50.5 Å². The van der Waals surface area contributed by atoms with Crippen LogP contribution in [0.2, 0.25) is 0 Å². The molecule has 0 aromatic heterocycles. The summed E-state index contributed by atoms with van der Waals surface area (Å²) in [6.07, 6.45) is 7.94. The number of rotatable bonds is 10. The largest absolute Gasteiger partial charge is 0.480 e. The van der Waals surface area contributed by atoms with Gasteiger partial charge in [-0.05, 0) is 56.6 Å². The Balaban J connectivity index is 1.17. The number of amides is 3. The van der Waals surface area contributed by atoms with E-state index in [0.29, 0.717) is 32.6 Å². The quantitative estimate of drug-likeness (QED) is 0.184. The molecule has 38 heavy (non-hydrogen) atoms. The van der Waals surface area contributed by atoms with Crippen molar-refractivity contribution in [2.24, 2.45) is 17.6 Å². The number of carbonyl (C=O) groups excluding carboxylic acids is 2. The molecular weight excluding hydrogens is 484 g/mol. The zero-order valence-corrected chi connectivity index (χ0v) is 22.3. The molecule has 3 unspecified atom stereocenters. The van der Waals surface area contributed by atoms with Gasteiger partial charge < -0.3 is 20.6 Å². The van der Waals surface area contributed by atoms with Crippen LogP contribution in [-0.4, -0.2) is 100 Å². The monoisotopic (exact) mass is 526 g/mol. The predicted octanol–water partition coefficient (Wildman–Crippen LogP) is 2.43. The number of aliphatic carboxylic acids is 1. The molecule has 0 spiro atoms. The third-order valence-electron chi connectivity index (χ3n) is 8.30. The molecule has 1 aromatic rings. The van der Waals surface area contributed by atoms with Crippen molar-refractivity contribution in [1.82, 2.24) is 19.6 Å². The number of carboxylic acid groups (broad SMARTS) is 1. The van der Waals surface area contributed by atoms with Crippen molar-refractivity contribution < 1.29 is 19.5 Å². The lowest BCUT2D eigenvalue weighted by atomic mass is 9.78. The number of aryl methyl sites for hydroxylation is 1. The van der Waals surface area contributed by atoms with Crippen LogP contribution in [0, 0.1) is 17.2 Å². The molecule has 3 aliphatic rings. The van der Waals surface area contributed by atoms with Gasteiger partial charge in [-0.1, -0.05) is 43.2 Å². The van der Waals surface area contributed by atoms with Gasteiger partial charge in [0.2, 0.25) is 5.91 Å². The molecule has 3 aliphatic heterocycles. The Morgan fingerprint density at radius 2 is 1.68 bits per heavy atom. The van der Waals surface area contributed by atoms with Gasteiger partial charge in [0.25, 0.3) is 0 Å². The van der Waals surface area contributed by atoms with Crippen LogP contribution >= 0.6 is 0 Å². The lowest BCUT2D eigenvalue weighted by molar-refractivity contribution is -0.167. The number of nitrogens with zero attached hydrogens (tertiary/aromatic N) is 4. The standard InChI is InChI=1S/C28H42N6O4/c29-27(30)33-14-8-12-22(20-33)19-23-24(26(36)37)34(25(23)35)28(38)32-17-15-31(16-18-32)13-7-2-1-4-9-21-10-5-3-6-11-21/h3,5-6,10-11,22-24H,1-2,4,7-9,12-20H2,(H3,29,30)(H,36,37). The number of piperazine rings is 1. The fourth-order valence-corrected chi connectivity index (χ4v) is 6.09. The van der Waals surface area contributed by atoms with E-state index in [4.69, 9.17) is 11.1 Å². The summed E-state index contributed by atoms with van der Waals surface area (Å²) in [7, 11) is 0. The fraction of sp³-hybridized carbons (Fsp3) is 0.643. The van der Waals surface area contributed by atoms with Crippen LogP contribution in [0.4, 0.5) is 4.79 Å². The summed E-state index contributed by atoms with van der Waals surface area (Å²) in [6, 6.07) is 8.96. The van der Waals surface area contributed by atoms with E-state index >= 15 is 0 Å². The minimum Gasteiger partial charge on any atom is -0.480 e. The molecule has 10 heteroatoms. The second kappa shape index (κ2) is 13.1. The number of imide groups is 1. The Labute approximate surface area is 225 Å². The van der Waals surface area contributed by atoms with Crippen molar-refractivity contribution in [3.05, 3.63) is 35.9 Å². The normalized spacial score (nSPS) is 24.3. The molecular formula is C28H42N6O4. The first-order valence-corrected chi connectivity index (χ1v) is 14.0. The van der Waals surface area contributed by atoms with Gasteiger partial charge in [-0.25, -0.2) is 14.5 Å². The number of likely N-dealkylation sites (tertiary alicyclic amines) is 2. The molecule has 3 saturated heterocycles. The van der Waals surface area contributed by atoms with E-state index in [-0.39, 0.29) is 17.8 Å². The van der Waals surface area contributed by atoms with Gasteiger partial charge in [-0.2, -0.15) is 0 Å². The van der Waals surface area contributed by atoms with Crippen LogP contribution < -0.4 is 5.73 Å². The number of nitrogens with one attached hydrogen (secondary N) is 1. The van der Waals surface area contributed by atoms with Gasteiger partial charge >= 0.3 is 12.0 Å². The van der Waals surface area contributed by atoms with E-state index in [1.807, 2.05) is 6.07 Å². The Morgan fingerprint density at radius 3 is 2.37 bits per heavy atom. The molecule has 1 aromatic carbocycles. The Hall–Kier alpha value is -3.14. The van der Waals surface area contributed by atoms with Crippen molar-refractivity contribution in [3.63, 3.8) is 0 Å². The number of hydrogen-bond acceptors (Lipinski definition) is 5. The highest BCUT2D eigenvalue weighted by molar-refractivity contribution is 6.07. The van der Waals surface area contributed by atoms with E-state index < -0.39 is 24.0 Å². The minimum atomic E-state index is -1.13. The third-order valence-corrected chi connectivity index (χ3v) is 8.30. The Bertz CT molecular complexity index is 981. The number of β-lactam (4-membered cyclic amide) rings is 1. The highest BCUT2D eigenvalue weighted by Crippen LogP contribution is 2.36. The van der Waals surface area contributed by atoms with E-state index in [1.165, 1.54) is 24.8 Å². The second-order valence-corrected chi connectivity index (χ2v) is 10.9. The van der Waals surface area contributed by atoms with Gasteiger partial charge in [0.1, 0.15) is 0 Å². The van der Waals surface area contributed by atoms with Gasteiger partial charge in [-0.15, -0.1) is 0 Å². The first-order valence-electron chi connectivity index (χ1n) is 14.0. The van der Waals surface area contributed by atoms with E-state index in [2.05, 4.69) is 29.2 Å². The number of benzene rings is 1. The molecule has 3 atom stereocenters. The lowest BCUT2D eigenvalue weighted by Gasteiger charge is -2.47. The summed E-state index contributed by atoms with van der Waals surface area (Å²) >= 11 is 0. The van der Waals surface area contributed by atoms with Crippen LogP contribution in [0.15, 0.2) is 30.3 Å². The van der Waals surface area contributed by atoms with Crippen molar-refractivity contribution in [1.29, 1.82) is 5.41 Å². The lowest BCUT2D eigenvalue weighted by Crippen LogP contribution is -2.69. The predicted molar refractivity (Wildman–Crippen MR) is 145 cm³/mol. The number of carbonyl (C=O) groups is 3. The van der Waals surface area contributed by atoms with E-state index in [0.717, 1.165) is 50.2 Å². The third kappa shape index (κ3) is 6.83.